The minimum atomic E-state index is -0.966. The average molecular weight is 531 g/mol. The number of hydrogen-bond donors (Lipinski definition) is 2. The van der Waals surface area contributed by atoms with E-state index in [1.54, 1.807) is 13.8 Å². The summed E-state index contributed by atoms with van der Waals surface area (Å²) in [7, 11) is 0. The summed E-state index contributed by atoms with van der Waals surface area (Å²) in [5.41, 5.74) is 5.75. The lowest BCUT2D eigenvalue weighted by molar-refractivity contribution is -0.146. The smallest absolute Gasteiger partial charge is 0.309 e. The lowest BCUT2D eigenvalue weighted by Gasteiger charge is -2.19. The first kappa shape index (κ1) is 25.4. The second-order valence-electron chi connectivity index (χ2n) is 10.7. The van der Waals surface area contributed by atoms with E-state index in [0.29, 0.717) is 25.3 Å². The Morgan fingerprint density at radius 1 is 0.925 bits per heavy atom. The van der Waals surface area contributed by atoms with Crippen molar-refractivity contribution in [2.24, 2.45) is 5.41 Å². The normalized spacial score (nSPS) is 11.8. The summed E-state index contributed by atoms with van der Waals surface area (Å²) in [6, 6.07) is 30.2. The van der Waals surface area contributed by atoms with Gasteiger partial charge < -0.3 is 19.4 Å². The molecule has 2 N–H and O–H groups in total. The lowest BCUT2D eigenvalue weighted by Crippen LogP contribution is -2.27. The number of aromatic amines is 1. The van der Waals surface area contributed by atoms with Crippen molar-refractivity contribution in [2.75, 3.05) is 0 Å². The number of H-pyrrole nitrogens is 1. The molecule has 6 rings (SSSR count). The van der Waals surface area contributed by atoms with Crippen LogP contribution in [0.1, 0.15) is 30.9 Å². The monoisotopic (exact) mass is 530 g/mol. The van der Waals surface area contributed by atoms with Gasteiger partial charge in [0, 0.05) is 36.3 Å². The number of aromatic nitrogens is 4. The van der Waals surface area contributed by atoms with E-state index in [1.165, 1.54) is 0 Å². The predicted molar refractivity (Wildman–Crippen MR) is 156 cm³/mol. The van der Waals surface area contributed by atoms with Crippen molar-refractivity contribution in [3.8, 4) is 17.0 Å². The zero-order valence-electron chi connectivity index (χ0n) is 22.5. The predicted octanol–water partition coefficient (Wildman–Crippen LogP) is 6.86. The van der Waals surface area contributed by atoms with E-state index in [2.05, 4.69) is 27.8 Å². The number of benzene rings is 3. The molecule has 40 heavy (non-hydrogen) atoms. The van der Waals surface area contributed by atoms with Crippen molar-refractivity contribution >= 4 is 27.9 Å². The van der Waals surface area contributed by atoms with E-state index in [-0.39, 0.29) is 0 Å². The van der Waals surface area contributed by atoms with Crippen molar-refractivity contribution in [1.82, 2.24) is 19.5 Å². The summed E-state index contributed by atoms with van der Waals surface area (Å²) < 4.78 is 8.22. The Kier molecular flexibility index (Phi) is 6.56. The van der Waals surface area contributed by atoms with Gasteiger partial charge in [0.15, 0.2) is 0 Å². The van der Waals surface area contributed by atoms with Crippen LogP contribution in [0.2, 0.25) is 0 Å². The van der Waals surface area contributed by atoms with Crippen molar-refractivity contribution in [3.63, 3.8) is 0 Å². The van der Waals surface area contributed by atoms with Gasteiger partial charge in [-0.05, 0) is 67.4 Å². The second-order valence-corrected chi connectivity index (χ2v) is 10.7. The zero-order valence-corrected chi connectivity index (χ0v) is 22.5. The fourth-order valence-electron chi connectivity index (χ4n) is 4.91. The van der Waals surface area contributed by atoms with E-state index >= 15 is 0 Å². The van der Waals surface area contributed by atoms with Crippen molar-refractivity contribution in [1.29, 1.82) is 0 Å². The van der Waals surface area contributed by atoms with Gasteiger partial charge in [-0.15, -0.1) is 0 Å². The standard InChI is InChI=1S/C33H30N4O3/c1-33(2,32(38)39)19-31-36-29-18-26(40-21-25-13-12-23-8-3-4-10-28(23)35-25)14-15-30(29)37(31)20-22-7-5-9-24(17-22)27-11-6-16-34-27/h3-18,34H,19-21H2,1-2H3,(H,38,39). The number of carboxylic acids is 1. The van der Waals surface area contributed by atoms with Crippen LogP contribution in [-0.2, 0) is 24.4 Å². The summed E-state index contributed by atoms with van der Waals surface area (Å²) >= 11 is 0. The van der Waals surface area contributed by atoms with E-state index < -0.39 is 11.4 Å². The Morgan fingerprint density at radius 2 is 1.80 bits per heavy atom. The van der Waals surface area contributed by atoms with Crippen molar-refractivity contribution < 1.29 is 14.6 Å². The zero-order chi connectivity index (χ0) is 27.7. The maximum atomic E-state index is 12.0. The number of aliphatic carboxylic acids is 1. The molecule has 0 atom stereocenters. The first-order valence-corrected chi connectivity index (χ1v) is 13.3. The highest BCUT2D eigenvalue weighted by molar-refractivity contribution is 5.79. The van der Waals surface area contributed by atoms with Crippen LogP contribution in [0.15, 0.2) is 97.2 Å². The lowest BCUT2D eigenvalue weighted by atomic mass is 9.89. The van der Waals surface area contributed by atoms with Gasteiger partial charge in [-0.25, -0.2) is 9.97 Å². The Morgan fingerprint density at radius 3 is 2.62 bits per heavy atom. The van der Waals surface area contributed by atoms with Gasteiger partial charge in [-0.3, -0.25) is 4.79 Å². The molecule has 0 spiro atoms. The summed E-state index contributed by atoms with van der Waals surface area (Å²) in [4.78, 5) is 24.8. The summed E-state index contributed by atoms with van der Waals surface area (Å²) in [6.45, 7) is 4.37. The number of rotatable bonds is 9. The highest BCUT2D eigenvalue weighted by Gasteiger charge is 2.30. The Bertz CT molecular complexity index is 1820. The van der Waals surface area contributed by atoms with Crippen LogP contribution in [0.25, 0.3) is 33.2 Å². The minimum Gasteiger partial charge on any atom is -0.487 e. The number of nitrogens with zero attached hydrogens (tertiary/aromatic N) is 3. The fraction of sp³-hybridized carbons (Fsp3) is 0.182. The Balaban J connectivity index is 1.31. The molecule has 0 bridgehead atoms. The molecular formula is C33H30N4O3. The fourth-order valence-corrected chi connectivity index (χ4v) is 4.91. The van der Waals surface area contributed by atoms with Crippen molar-refractivity contribution in [2.45, 2.75) is 33.4 Å². The number of pyridine rings is 1. The molecule has 0 unspecified atom stereocenters. The highest BCUT2D eigenvalue weighted by atomic mass is 16.5. The molecule has 6 aromatic rings. The van der Waals surface area contributed by atoms with Crippen LogP contribution >= 0.6 is 0 Å². The van der Waals surface area contributed by atoms with E-state index in [9.17, 15) is 9.90 Å². The molecule has 3 aromatic heterocycles. The summed E-state index contributed by atoms with van der Waals surface area (Å²) in [5, 5.41) is 10.9. The molecule has 0 fully saturated rings. The Labute approximate surface area is 232 Å². The third kappa shape index (κ3) is 5.18. The van der Waals surface area contributed by atoms with Gasteiger partial charge in [0.1, 0.15) is 18.2 Å². The molecule has 0 aliphatic heterocycles. The molecule has 0 saturated carbocycles. The summed E-state index contributed by atoms with van der Waals surface area (Å²) in [5.74, 6) is 0.553. The topological polar surface area (TPSA) is 93.0 Å². The van der Waals surface area contributed by atoms with Gasteiger partial charge in [0.05, 0.1) is 27.7 Å². The second kappa shape index (κ2) is 10.3. The van der Waals surface area contributed by atoms with E-state index in [0.717, 1.165) is 50.3 Å². The molecule has 7 nitrogen and oxygen atoms in total. The summed E-state index contributed by atoms with van der Waals surface area (Å²) in [6.07, 6.45) is 2.21. The van der Waals surface area contributed by atoms with Crippen LogP contribution < -0.4 is 4.74 Å². The minimum absolute atomic E-state index is 0.296. The largest absolute Gasteiger partial charge is 0.487 e. The van der Waals surface area contributed by atoms with Gasteiger partial charge >= 0.3 is 5.97 Å². The first-order valence-electron chi connectivity index (χ1n) is 13.3. The van der Waals surface area contributed by atoms with E-state index in [1.807, 2.05) is 79.0 Å². The number of carboxylic acid groups (broad SMARTS) is 1. The number of hydrogen-bond acceptors (Lipinski definition) is 4. The number of para-hydroxylation sites is 1. The first-order chi connectivity index (χ1) is 19.4. The van der Waals surface area contributed by atoms with Crippen LogP contribution in [-0.4, -0.2) is 30.6 Å². The van der Waals surface area contributed by atoms with E-state index in [4.69, 9.17) is 14.7 Å². The maximum Gasteiger partial charge on any atom is 0.309 e. The van der Waals surface area contributed by atoms with Gasteiger partial charge in [0.25, 0.3) is 0 Å². The molecule has 0 saturated heterocycles. The third-order valence-corrected chi connectivity index (χ3v) is 7.20. The number of ether oxygens (including phenoxy) is 1. The molecule has 200 valence electrons. The molecule has 0 amide bonds. The SMILES string of the molecule is CC(C)(Cc1nc2cc(OCc3ccc4ccccc4n3)ccc2n1Cc1cccc(-c2ccc[nH]2)c1)C(=O)O. The van der Waals surface area contributed by atoms with Crippen LogP contribution in [0.5, 0.6) is 5.75 Å². The van der Waals surface area contributed by atoms with Crippen LogP contribution in [0.4, 0.5) is 0 Å². The van der Waals surface area contributed by atoms with Crippen molar-refractivity contribution in [3.05, 3.63) is 114 Å². The maximum absolute atomic E-state index is 12.0. The number of carbonyl (C=O) groups is 1. The number of imidazole rings is 1. The van der Waals surface area contributed by atoms with Crippen LogP contribution in [0, 0.1) is 5.41 Å². The Hall–Kier alpha value is -4.91. The van der Waals surface area contributed by atoms with Gasteiger partial charge in [-0.2, -0.15) is 0 Å². The number of nitrogens with one attached hydrogen (secondary N) is 1. The molecule has 0 aliphatic rings. The molecule has 7 heteroatoms. The molecule has 3 heterocycles. The van der Waals surface area contributed by atoms with Gasteiger partial charge in [0.2, 0.25) is 0 Å². The quantitative estimate of drug-likeness (QED) is 0.213. The molecule has 3 aromatic carbocycles. The van der Waals surface area contributed by atoms with Gasteiger partial charge in [-0.1, -0.05) is 42.5 Å². The molecule has 0 aliphatic carbocycles. The highest BCUT2D eigenvalue weighted by Crippen LogP contribution is 2.29. The molecular weight excluding hydrogens is 500 g/mol. The van der Waals surface area contributed by atoms with Crippen LogP contribution in [0.3, 0.4) is 0 Å². The molecule has 0 radical (unpaired) electrons. The number of fused-ring (bicyclic) bond motifs is 2. The average Bonchev–Trinajstić information content (AvgIpc) is 3.60. The third-order valence-electron chi connectivity index (χ3n) is 7.20.